The van der Waals surface area contributed by atoms with E-state index in [1.54, 1.807) is 0 Å². The Morgan fingerprint density at radius 2 is 2.20 bits per heavy atom. The molecule has 0 radical (unpaired) electrons. The van der Waals surface area contributed by atoms with Crippen LogP contribution in [0.15, 0.2) is 30.5 Å². The SMILES string of the molecule is Cl.O=C(NCCc1c[nH]c2ccccc12)[C@@H]1CCCN1. The Bertz CT molecular complexity index is 575. The van der Waals surface area contributed by atoms with Crippen molar-refractivity contribution in [2.45, 2.75) is 25.3 Å². The molecule has 20 heavy (non-hydrogen) atoms. The molecule has 1 aliphatic rings. The Morgan fingerprint density at radius 1 is 1.35 bits per heavy atom. The van der Waals surface area contributed by atoms with Crippen molar-refractivity contribution in [3.8, 4) is 0 Å². The second-order valence-electron chi connectivity index (χ2n) is 5.05. The van der Waals surface area contributed by atoms with Crippen molar-refractivity contribution < 1.29 is 4.79 Å². The molecule has 0 unspecified atom stereocenters. The number of fused-ring (bicyclic) bond motifs is 1. The third kappa shape index (κ3) is 3.14. The van der Waals surface area contributed by atoms with Crippen molar-refractivity contribution in [3.63, 3.8) is 0 Å². The van der Waals surface area contributed by atoms with E-state index in [-0.39, 0.29) is 24.4 Å². The van der Waals surface area contributed by atoms with Crippen LogP contribution in [0.25, 0.3) is 10.9 Å². The molecule has 5 heteroatoms. The predicted octanol–water partition coefficient (Wildman–Crippen LogP) is 2.00. The summed E-state index contributed by atoms with van der Waals surface area (Å²) in [6, 6.07) is 8.26. The highest BCUT2D eigenvalue weighted by molar-refractivity contribution is 5.85. The fourth-order valence-corrected chi connectivity index (χ4v) is 2.69. The van der Waals surface area contributed by atoms with Crippen molar-refractivity contribution >= 4 is 29.2 Å². The minimum absolute atomic E-state index is 0. The predicted molar refractivity (Wildman–Crippen MR) is 83.3 cm³/mol. The number of hydrogen-bond donors (Lipinski definition) is 3. The molecular weight excluding hydrogens is 274 g/mol. The van der Waals surface area contributed by atoms with E-state index in [1.807, 2.05) is 18.3 Å². The molecular formula is C15H20ClN3O. The van der Waals surface area contributed by atoms with Gasteiger partial charge in [0.05, 0.1) is 6.04 Å². The highest BCUT2D eigenvalue weighted by Crippen LogP contribution is 2.17. The summed E-state index contributed by atoms with van der Waals surface area (Å²) in [6.07, 6.45) is 4.95. The number of para-hydroxylation sites is 1. The number of aromatic amines is 1. The van der Waals surface area contributed by atoms with Crippen LogP contribution in [0.1, 0.15) is 18.4 Å². The maximum Gasteiger partial charge on any atom is 0.237 e. The van der Waals surface area contributed by atoms with Crippen LogP contribution >= 0.6 is 12.4 Å². The first-order chi connectivity index (χ1) is 9.34. The first-order valence-corrected chi connectivity index (χ1v) is 6.91. The van der Waals surface area contributed by atoms with Crippen LogP contribution in [-0.4, -0.2) is 30.0 Å². The summed E-state index contributed by atoms with van der Waals surface area (Å²) < 4.78 is 0. The van der Waals surface area contributed by atoms with Gasteiger partial charge in [0.1, 0.15) is 0 Å². The molecule has 1 aliphatic heterocycles. The third-order valence-corrected chi connectivity index (χ3v) is 3.75. The van der Waals surface area contributed by atoms with Crippen molar-refractivity contribution in [2.75, 3.05) is 13.1 Å². The average molecular weight is 294 g/mol. The second-order valence-corrected chi connectivity index (χ2v) is 5.05. The van der Waals surface area contributed by atoms with Gasteiger partial charge >= 0.3 is 0 Å². The molecule has 0 aliphatic carbocycles. The highest BCUT2D eigenvalue weighted by atomic mass is 35.5. The Morgan fingerprint density at radius 3 is 3.00 bits per heavy atom. The van der Waals surface area contributed by atoms with Crippen molar-refractivity contribution in [3.05, 3.63) is 36.0 Å². The summed E-state index contributed by atoms with van der Waals surface area (Å²) >= 11 is 0. The quantitative estimate of drug-likeness (QED) is 0.807. The first kappa shape index (κ1) is 14.9. The van der Waals surface area contributed by atoms with Crippen LogP contribution < -0.4 is 10.6 Å². The molecule has 0 saturated carbocycles. The van der Waals surface area contributed by atoms with Crippen LogP contribution in [0.5, 0.6) is 0 Å². The van der Waals surface area contributed by atoms with Crippen LogP contribution in [0, 0.1) is 0 Å². The normalized spacial score (nSPS) is 17.9. The Balaban J connectivity index is 0.00000147. The Labute approximate surface area is 124 Å². The van der Waals surface area contributed by atoms with Gasteiger partial charge in [0, 0.05) is 23.6 Å². The summed E-state index contributed by atoms with van der Waals surface area (Å²) in [4.78, 5) is 15.1. The zero-order valence-corrected chi connectivity index (χ0v) is 12.1. The minimum atomic E-state index is 0. The summed E-state index contributed by atoms with van der Waals surface area (Å²) in [5.74, 6) is 0.136. The number of aromatic nitrogens is 1. The summed E-state index contributed by atoms with van der Waals surface area (Å²) in [6.45, 7) is 1.65. The van der Waals surface area contributed by atoms with E-state index in [4.69, 9.17) is 0 Å². The monoisotopic (exact) mass is 293 g/mol. The number of rotatable bonds is 4. The second kappa shape index (κ2) is 6.77. The smallest absolute Gasteiger partial charge is 0.237 e. The molecule has 1 aromatic carbocycles. The van der Waals surface area contributed by atoms with Crippen LogP contribution in [0.3, 0.4) is 0 Å². The van der Waals surface area contributed by atoms with E-state index in [2.05, 4.69) is 27.8 Å². The Hall–Kier alpha value is -1.52. The van der Waals surface area contributed by atoms with Crippen LogP contribution in [0.2, 0.25) is 0 Å². The lowest BCUT2D eigenvalue weighted by Crippen LogP contribution is -2.41. The number of nitrogens with one attached hydrogen (secondary N) is 3. The van der Waals surface area contributed by atoms with Gasteiger partial charge in [-0.05, 0) is 37.4 Å². The van der Waals surface area contributed by atoms with E-state index in [0.717, 1.165) is 31.3 Å². The van der Waals surface area contributed by atoms with Gasteiger partial charge in [-0.15, -0.1) is 12.4 Å². The fraction of sp³-hybridized carbons (Fsp3) is 0.400. The molecule has 108 valence electrons. The summed E-state index contributed by atoms with van der Waals surface area (Å²) in [5.41, 5.74) is 2.41. The maximum absolute atomic E-state index is 11.9. The largest absolute Gasteiger partial charge is 0.361 e. The summed E-state index contributed by atoms with van der Waals surface area (Å²) in [7, 11) is 0. The number of carbonyl (C=O) groups is 1. The van der Waals surface area contributed by atoms with Crippen LogP contribution in [-0.2, 0) is 11.2 Å². The van der Waals surface area contributed by atoms with E-state index in [1.165, 1.54) is 10.9 Å². The molecule has 1 amide bonds. The van der Waals surface area contributed by atoms with Gasteiger partial charge in [0.25, 0.3) is 0 Å². The molecule has 2 heterocycles. The van der Waals surface area contributed by atoms with Gasteiger partial charge in [-0.2, -0.15) is 0 Å². The minimum Gasteiger partial charge on any atom is -0.361 e. The number of halogens is 1. The topological polar surface area (TPSA) is 56.9 Å². The van der Waals surface area contributed by atoms with E-state index in [9.17, 15) is 4.79 Å². The highest BCUT2D eigenvalue weighted by Gasteiger charge is 2.21. The zero-order chi connectivity index (χ0) is 13.1. The van der Waals surface area contributed by atoms with Gasteiger partial charge < -0.3 is 15.6 Å². The van der Waals surface area contributed by atoms with Crippen molar-refractivity contribution in [1.82, 2.24) is 15.6 Å². The van der Waals surface area contributed by atoms with Gasteiger partial charge in [-0.1, -0.05) is 18.2 Å². The molecule has 1 fully saturated rings. The first-order valence-electron chi connectivity index (χ1n) is 6.91. The van der Waals surface area contributed by atoms with Crippen molar-refractivity contribution in [1.29, 1.82) is 0 Å². The van der Waals surface area contributed by atoms with Crippen LogP contribution in [0.4, 0.5) is 0 Å². The third-order valence-electron chi connectivity index (χ3n) is 3.75. The number of benzene rings is 1. The van der Waals surface area contributed by atoms with E-state index >= 15 is 0 Å². The van der Waals surface area contributed by atoms with Crippen molar-refractivity contribution in [2.24, 2.45) is 0 Å². The molecule has 3 rings (SSSR count). The number of carbonyl (C=O) groups excluding carboxylic acids is 1. The molecule has 1 atom stereocenters. The average Bonchev–Trinajstić information content (AvgIpc) is 3.08. The lowest BCUT2D eigenvalue weighted by Gasteiger charge is -2.10. The van der Waals surface area contributed by atoms with Gasteiger partial charge in [0.2, 0.25) is 5.91 Å². The van der Waals surface area contributed by atoms with Gasteiger partial charge in [-0.25, -0.2) is 0 Å². The lowest BCUT2D eigenvalue weighted by molar-refractivity contribution is -0.122. The molecule has 4 nitrogen and oxygen atoms in total. The van der Waals surface area contributed by atoms with Gasteiger partial charge in [0.15, 0.2) is 0 Å². The standard InChI is InChI=1S/C15H19N3O.ClH/c19-15(14-6-3-8-16-14)17-9-7-11-10-18-13-5-2-1-4-12(11)13;/h1-2,4-5,10,14,16,18H,3,6-9H2,(H,17,19);1H/t14-;/m0./s1. The Kier molecular flexibility index (Phi) is 5.04. The summed E-state index contributed by atoms with van der Waals surface area (Å²) in [5, 5.41) is 7.47. The maximum atomic E-state index is 11.9. The molecule has 1 saturated heterocycles. The molecule has 1 aromatic heterocycles. The molecule has 2 aromatic rings. The molecule has 0 spiro atoms. The lowest BCUT2D eigenvalue weighted by atomic mass is 10.1. The molecule has 0 bridgehead atoms. The number of amides is 1. The number of H-pyrrole nitrogens is 1. The van der Waals surface area contributed by atoms with Gasteiger partial charge in [-0.3, -0.25) is 4.79 Å². The zero-order valence-electron chi connectivity index (χ0n) is 11.3. The number of hydrogen-bond acceptors (Lipinski definition) is 2. The molecule has 3 N–H and O–H groups in total. The fourth-order valence-electron chi connectivity index (χ4n) is 2.69. The van der Waals surface area contributed by atoms with E-state index in [0.29, 0.717) is 6.54 Å². The van der Waals surface area contributed by atoms with E-state index < -0.39 is 0 Å².